The predicted octanol–water partition coefficient (Wildman–Crippen LogP) is 3.95. The van der Waals surface area contributed by atoms with Gasteiger partial charge in [-0.3, -0.25) is 14.2 Å². The molecule has 156 valence electrons. The number of carbonyl (C=O) groups excluding carboxylic acids is 1. The number of hydrogen-bond acceptors (Lipinski definition) is 4. The number of anilines is 1. The molecule has 0 spiro atoms. The number of nitrogens with zero attached hydrogens (tertiary/aromatic N) is 4. The summed E-state index contributed by atoms with van der Waals surface area (Å²) in [4.78, 5) is 30.5. The van der Waals surface area contributed by atoms with Crippen molar-refractivity contribution in [3.05, 3.63) is 82.5 Å². The van der Waals surface area contributed by atoms with Crippen LogP contribution in [0.3, 0.4) is 0 Å². The van der Waals surface area contributed by atoms with E-state index in [9.17, 15) is 9.59 Å². The summed E-state index contributed by atoms with van der Waals surface area (Å²) in [6, 6.07) is 16.5. The number of nitrogens with one attached hydrogen (secondary N) is 1. The van der Waals surface area contributed by atoms with Gasteiger partial charge in [0.15, 0.2) is 5.82 Å². The van der Waals surface area contributed by atoms with Crippen molar-refractivity contribution in [3.63, 3.8) is 0 Å². The molecule has 0 radical (unpaired) electrons. The minimum Gasteiger partial charge on any atom is -0.305 e. The van der Waals surface area contributed by atoms with Gasteiger partial charge >= 0.3 is 0 Å². The maximum atomic E-state index is 13.0. The standard InChI is InChI=1S/C24H23N5O2/c30-23(26-21-13-15-29(27-21)18-8-4-3-5-9-18)17-11-12-19-20(16-17)25-22-10-6-1-2-7-14-28(22)24(19)31/h3-5,8-9,11-13,15-16H,1-2,6-7,10,14H2,(H,26,27,30). The molecule has 31 heavy (non-hydrogen) atoms. The van der Waals surface area contributed by atoms with Crippen molar-refractivity contribution in [1.82, 2.24) is 19.3 Å². The average molecular weight is 413 g/mol. The van der Waals surface area contributed by atoms with Gasteiger partial charge in [0, 0.05) is 30.8 Å². The molecule has 1 amide bonds. The number of benzene rings is 2. The zero-order valence-corrected chi connectivity index (χ0v) is 17.1. The van der Waals surface area contributed by atoms with E-state index in [2.05, 4.69) is 10.4 Å². The van der Waals surface area contributed by atoms with Crippen molar-refractivity contribution in [2.45, 2.75) is 38.6 Å². The van der Waals surface area contributed by atoms with Crippen LogP contribution in [0, 0.1) is 0 Å². The Morgan fingerprint density at radius 2 is 1.81 bits per heavy atom. The highest BCUT2D eigenvalue weighted by molar-refractivity contribution is 6.05. The Kier molecular flexibility index (Phi) is 5.08. The molecule has 5 rings (SSSR count). The minimum absolute atomic E-state index is 0.0181. The summed E-state index contributed by atoms with van der Waals surface area (Å²) in [5.74, 6) is 0.991. The Bertz CT molecular complexity index is 1310. The summed E-state index contributed by atoms with van der Waals surface area (Å²) in [7, 11) is 0. The molecule has 3 heterocycles. The molecule has 7 heteroatoms. The van der Waals surface area contributed by atoms with Crippen LogP contribution >= 0.6 is 0 Å². The number of aryl methyl sites for hydroxylation is 1. The fourth-order valence-electron chi connectivity index (χ4n) is 4.04. The highest BCUT2D eigenvalue weighted by Gasteiger charge is 2.15. The first-order valence-electron chi connectivity index (χ1n) is 10.6. The third-order valence-electron chi connectivity index (χ3n) is 5.68. The maximum absolute atomic E-state index is 13.0. The smallest absolute Gasteiger partial charge is 0.261 e. The van der Waals surface area contributed by atoms with Crippen molar-refractivity contribution in [2.75, 3.05) is 5.32 Å². The van der Waals surface area contributed by atoms with Crippen LogP contribution in [0.2, 0.25) is 0 Å². The number of fused-ring (bicyclic) bond motifs is 2. The van der Waals surface area contributed by atoms with E-state index >= 15 is 0 Å². The fraction of sp³-hybridized carbons (Fsp3) is 0.250. The first-order chi connectivity index (χ1) is 15.2. The van der Waals surface area contributed by atoms with Gasteiger partial charge in [0.1, 0.15) is 5.82 Å². The van der Waals surface area contributed by atoms with Crippen LogP contribution in [0.4, 0.5) is 5.82 Å². The maximum Gasteiger partial charge on any atom is 0.261 e. The molecule has 0 saturated carbocycles. The predicted molar refractivity (Wildman–Crippen MR) is 120 cm³/mol. The van der Waals surface area contributed by atoms with Crippen molar-refractivity contribution in [1.29, 1.82) is 0 Å². The van der Waals surface area contributed by atoms with E-state index in [4.69, 9.17) is 4.98 Å². The Morgan fingerprint density at radius 1 is 0.968 bits per heavy atom. The number of carbonyl (C=O) groups is 1. The summed E-state index contributed by atoms with van der Waals surface area (Å²) in [5, 5.41) is 7.79. The van der Waals surface area contributed by atoms with Crippen LogP contribution in [0.5, 0.6) is 0 Å². The fourth-order valence-corrected chi connectivity index (χ4v) is 4.04. The first kappa shape index (κ1) is 19.2. The number of rotatable bonds is 3. The number of aromatic nitrogens is 4. The molecule has 0 aliphatic carbocycles. The third-order valence-corrected chi connectivity index (χ3v) is 5.68. The first-order valence-corrected chi connectivity index (χ1v) is 10.6. The summed E-state index contributed by atoms with van der Waals surface area (Å²) in [5.41, 5.74) is 1.91. The van der Waals surface area contributed by atoms with Gasteiger partial charge in [0.05, 0.1) is 16.6 Å². The number of amides is 1. The van der Waals surface area contributed by atoms with Crippen LogP contribution in [0.25, 0.3) is 16.6 Å². The second-order valence-electron chi connectivity index (χ2n) is 7.82. The molecule has 0 fully saturated rings. The lowest BCUT2D eigenvalue weighted by atomic mass is 10.1. The minimum atomic E-state index is -0.283. The molecule has 2 aromatic heterocycles. The van der Waals surface area contributed by atoms with Crippen molar-refractivity contribution in [3.8, 4) is 5.69 Å². The Labute approximate surface area is 179 Å². The van der Waals surface area contributed by atoms with E-state index in [1.54, 1.807) is 39.7 Å². The molecule has 0 unspecified atom stereocenters. The van der Waals surface area contributed by atoms with Gasteiger partial charge in [-0.25, -0.2) is 9.67 Å². The van der Waals surface area contributed by atoms with Gasteiger partial charge in [0.2, 0.25) is 0 Å². The van der Waals surface area contributed by atoms with E-state index in [0.29, 0.717) is 28.8 Å². The van der Waals surface area contributed by atoms with Gasteiger partial charge in [-0.15, -0.1) is 0 Å². The second-order valence-corrected chi connectivity index (χ2v) is 7.82. The van der Waals surface area contributed by atoms with E-state index in [1.807, 2.05) is 30.3 Å². The summed E-state index contributed by atoms with van der Waals surface area (Å²) >= 11 is 0. The van der Waals surface area contributed by atoms with Gasteiger partial charge in [-0.2, -0.15) is 5.10 Å². The van der Waals surface area contributed by atoms with Crippen molar-refractivity contribution in [2.24, 2.45) is 0 Å². The number of hydrogen-bond donors (Lipinski definition) is 1. The molecule has 4 aromatic rings. The molecule has 1 N–H and O–H groups in total. The van der Waals surface area contributed by atoms with Gasteiger partial charge in [-0.1, -0.05) is 31.0 Å². The lowest BCUT2D eigenvalue weighted by Crippen LogP contribution is -2.26. The van der Waals surface area contributed by atoms with Gasteiger partial charge in [-0.05, 0) is 43.2 Å². The molecule has 7 nitrogen and oxygen atoms in total. The zero-order chi connectivity index (χ0) is 21.2. The van der Waals surface area contributed by atoms with E-state index in [1.165, 1.54) is 0 Å². The quantitative estimate of drug-likeness (QED) is 0.551. The highest BCUT2D eigenvalue weighted by atomic mass is 16.1. The normalized spacial score (nSPS) is 13.9. The summed E-state index contributed by atoms with van der Waals surface area (Å²) in [6.07, 6.45) is 6.91. The SMILES string of the molecule is O=C(Nc1ccn(-c2ccccc2)n1)c1ccc2c(=O)n3c(nc2c1)CCCCCC3. The monoisotopic (exact) mass is 413 g/mol. The highest BCUT2D eigenvalue weighted by Crippen LogP contribution is 2.17. The van der Waals surface area contributed by atoms with Crippen LogP contribution in [-0.4, -0.2) is 25.2 Å². The van der Waals surface area contributed by atoms with Gasteiger partial charge < -0.3 is 5.32 Å². The number of para-hydroxylation sites is 1. The molecule has 0 atom stereocenters. The Hall–Kier alpha value is -3.74. The topological polar surface area (TPSA) is 81.8 Å². The Balaban J connectivity index is 1.42. The van der Waals surface area contributed by atoms with Gasteiger partial charge in [0.25, 0.3) is 11.5 Å². The van der Waals surface area contributed by atoms with Crippen molar-refractivity contribution >= 4 is 22.6 Å². The molecule has 1 aliphatic rings. The third kappa shape index (κ3) is 3.86. The molecule has 0 bridgehead atoms. The average Bonchev–Trinajstić information content (AvgIpc) is 3.24. The zero-order valence-electron chi connectivity index (χ0n) is 17.1. The van der Waals surface area contributed by atoms with Crippen LogP contribution in [0.15, 0.2) is 65.6 Å². The molecule has 0 saturated heterocycles. The Morgan fingerprint density at radius 3 is 2.68 bits per heavy atom. The second kappa shape index (κ2) is 8.18. The largest absolute Gasteiger partial charge is 0.305 e. The molecular weight excluding hydrogens is 390 g/mol. The van der Waals surface area contributed by atoms with Crippen LogP contribution in [0.1, 0.15) is 41.9 Å². The van der Waals surface area contributed by atoms with E-state index in [-0.39, 0.29) is 11.5 Å². The lowest BCUT2D eigenvalue weighted by Gasteiger charge is -2.16. The molecule has 1 aliphatic heterocycles. The van der Waals surface area contributed by atoms with E-state index in [0.717, 1.165) is 43.6 Å². The summed E-state index contributed by atoms with van der Waals surface area (Å²) in [6.45, 7) is 0.712. The van der Waals surface area contributed by atoms with Crippen LogP contribution < -0.4 is 10.9 Å². The van der Waals surface area contributed by atoms with Crippen LogP contribution in [-0.2, 0) is 13.0 Å². The van der Waals surface area contributed by atoms with E-state index < -0.39 is 0 Å². The lowest BCUT2D eigenvalue weighted by molar-refractivity contribution is 0.102. The van der Waals surface area contributed by atoms with Crippen molar-refractivity contribution < 1.29 is 4.79 Å². The molecular formula is C24H23N5O2. The molecule has 2 aromatic carbocycles. The summed E-state index contributed by atoms with van der Waals surface area (Å²) < 4.78 is 3.51.